The van der Waals surface area contributed by atoms with Crippen molar-refractivity contribution < 1.29 is 19.0 Å². The van der Waals surface area contributed by atoms with Crippen molar-refractivity contribution in [3.8, 4) is 5.75 Å². The smallest absolute Gasteiger partial charge is 0.408 e. The van der Waals surface area contributed by atoms with Gasteiger partial charge < -0.3 is 19.5 Å². The van der Waals surface area contributed by atoms with Crippen molar-refractivity contribution in [2.75, 3.05) is 20.3 Å². The molecule has 0 unspecified atom stereocenters. The molecule has 0 aliphatic rings. The van der Waals surface area contributed by atoms with E-state index in [2.05, 4.69) is 5.32 Å². The van der Waals surface area contributed by atoms with Gasteiger partial charge in [-0.25, -0.2) is 4.79 Å². The van der Waals surface area contributed by atoms with Crippen LogP contribution >= 0.6 is 0 Å². The maximum Gasteiger partial charge on any atom is 0.408 e. The highest BCUT2D eigenvalue weighted by Gasteiger charge is 2.20. The first-order chi connectivity index (χ1) is 9.85. The molecule has 0 aromatic heterocycles. The first kappa shape index (κ1) is 17.3. The van der Waals surface area contributed by atoms with Crippen LogP contribution in [-0.2, 0) is 9.47 Å². The molecule has 0 spiro atoms. The van der Waals surface area contributed by atoms with Crippen molar-refractivity contribution in [1.82, 2.24) is 5.32 Å². The van der Waals surface area contributed by atoms with E-state index in [-0.39, 0.29) is 6.04 Å². The summed E-state index contributed by atoms with van der Waals surface area (Å²) in [5, 5.41) is 2.82. The Hall–Kier alpha value is -1.75. The second kappa shape index (κ2) is 7.88. The van der Waals surface area contributed by atoms with Gasteiger partial charge in [-0.1, -0.05) is 12.1 Å². The third kappa shape index (κ3) is 6.49. The number of hydrogen-bond acceptors (Lipinski definition) is 4. The van der Waals surface area contributed by atoms with Gasteiger partial charge in [-0.05, 0) is 45.4 Å². The summed E-state index contributed by atoms with van der Waals surface area (Å²) in [6.07, 6.45) is -0.460. The summed E-state index contributed by atoms with van der Waals surface area (Å²) in [5.41, 5.74) is 0.409. The largest absolute Gasteiger partial charge is 0.494 e. The zero-order chi connectivity index (χ0) is 15.9. The molecule has 0 fully saturated rings. The fourth-order valence-corrected chi connectivity index (χ4v) is 1.80. The maximum atomic E-state index is 11.9. The van der Waals surface area contributed by atoms with E-state index in [1.54, 1.807) is 7.11 Å². The molecule has 0 heterocycles. The number of ether oxygens (including phenoxy) is 3. The number of amides is 1. The van der Waals surface area contributed by atoms with Gasteiger partial charge in [0.2, 0.25) is 0 Å². The van der Waals surface area contributed by atoms with Crippen molar-refractivity contribution in [3.63, 3.8) is 0 Å². The van der Waals surface area contributed by atoms with E-state index in [1.165, 1.54) is 0 Å². The number of carbonyl (C=O) groups is 1. The molecule has 1 atom stereocenters. The molecule has 21 heavy (non-hydrogen) atoms. The Morgan fingerprint density at radius 1 is 1.24 bits per heavy atom. The van der Waals surface area contributed by atoms with Crippen LogP contribution in [0.4, 0.5) is 4.79 Å². The molecule has 0 aliphatic carbocycles. The third-order valence-electron chi connectivity index (χ3n) is 2.62. The van der Waals surface area contributed by atoms with Crippen molar-refractivity contribution in [3.05, 3.63) is 29.8 Å². The number of benzene rings is 1. The zero-order valence-corrected chi connectivity index (χ0v) is 13.4. The van der Waals surface area contributed by atoms with Crippen LogP contribution in [0.15, 0.2) is 24.3 Å². The SMILES string of the molecule is CCOc1ccc([C@H](COC)NC(=O)OC(C)(C)C)cc1. The summed E-state index contributed by atoms with van der Waals surface area (Å²) in [6.45, 7) is 8.41. The summed E-state index contributed by atoms with van der Waals surface area (Å²) >= 11 is 0. The Labute approximate surface area is 126 Å². The predicted octanol–water partition coefficient (Wildman–Crippen LogP) is 3.30. The van der Waals surface area contributed by atoms with E-state index < -0.39 is 11.7 Å². The first-order valence-corrected chi connectivity index (χ1v) is 7.07. The van der Waals surface area contributed by atoms with Crippen LogP contribution in [-0.4, -0.2) is 32.0 Å². The van der Waals surface area contributed by atoms with E-state index in [0.717, 1.165) is 11.3 Å². The Balaban J connectivity index is 2.74. The number of alkyl carbamates (subject to hydrolysis) is 1. The standard InChI is InChI=1S/C16H25NO4/c1-6-20-13-9-7-12(8-10-13)14(11-19-5)17-15(18)21-16(2,3)4/h7-10,14H,6,11H2,1-5H3,(H,17,18)/t14-/m0/s1. The molecule has 1 aromatic carbocycles. The average Bonchev–Trinajstić information content (AvgIpc) is 2.37. The normalized spacial score (nSPS) is 12.6. The Morgan fingerprint density at radius 3 is 2.33 bits per heavy atom. The molecule has 5 nitrogen and oxygen atoms in total. The van der Waals surface area contributed by atoms with Gasteiger partial charge >= 0.3 is 6.09 Å². The molecular formula is C16H25NO4. The predicted molar refractivity (Wildman–Crippen MR) is 81.6 cm³/mol. The van der Waals surface area contributed by atoms with E-state index in [9.17, 15) is 4.79 Å². The van der Waals surface area contributed by atoms with Crippen molar-refractivity contribution in [2.45, 2.75) is 39.3 Å². The molecule has 118 valence electrons. The lowest BCUT2D eigenvalue weighted by Gasteiger charge is -2.23. The highest BCUT2D eigenvalue weighted by molar-refractivity contribution is 5.68. The van der Waals surface area contributed by atoms with Crippen molar-refractivity contribution in [2.24, 2.45) is 0 Å². The van der Waals surface area contributed by atoms with Gasteiger partial charge in [0.1, 0.15) is 11.4 Å². The summed E-state index contributed by atoms with van der Waals surface area (Å²) in [4.78, 5) is 11.9. The second-order valence-electron chi connectivity index (χ2n) is 5.66. The van der Waals surface area contributed by atoms with Crippen LogP contribution in [0.1, 0.15) is 39.3 Å². The van der Waals surface area contributed by atoms with E-state index >= 15 is 0 Å². The van der Waals surface area contributed by atoms with Crippen molar-refractivity contribution in [1.29, 1.82) is 0 Å². The van der Waals surface area contributed by atoms with Gasteiger partial charge in [0.15, 0.2) is 0 Å². The highest BCUT2D eigenvalue weighted by Crippen LogP contribution is 2.19. The molecule has 0 aliphatic heterocycles. The summed E-state index contributed by atoms with van der Waals surface area (Å²) in [6, 6.07) is 7.30. The molecule has 0 radical (unpaired) electrons. The van der Waals surface area contributed by atoms with Crippen LogP contribution in [0.5, 0.6) is 5.75 Å². The molecule has 1 N–H and O–H groups in total. The lowest BCUT2D eigenvalue weighted by Crippen LogP contribution is -2.36. The molecule has 0 bridgehead atoms. The third-order valence-corrected chi connectivity index (χ3v) is 2.62. The molecule has 0 saturated carbocycles. The Bertz CT molecular complexity index is 437. The van der Waals surface area contributed by atoms with Gasteiger partial charge in [-0.15, -0.1) is 0 Å². The van der Waals surface area contributed by atoms with E-state index in [0.29, 0.717) is 13.2 Å². The lowest BCUT2D eigenvalue weighted by molar-refractivity contribution is 0.0468. The van der Waals surface area contributed by atoms with Crippen molar-refractivity contribution >= 4 is 6.09 Å². The molecule has 5 heteroatoms. The van der Waals surface area contributed by atoms with Crippen LogP contribution in [0, 0.1) is 0 Å². The highest BCUT2D eigenvalue weighted by atomic mass is 16.6. The van der Waals surface area contributed by atoms with Crippen LogP contribution < -0.4 is 10.1 Å². The summed E-state index contributed by atoms with van der Waals surface area (Å²) < 4.78 is 15.8. The summed E-state index contributed by atoms with van der Waals surface area (Å²) in [5.74, 6) is 0.801. The minimum atomic E-state index is -0.527. The fraction of sp³-hybridized carbons (Fsp3) is 0.562. The van der Waals surface area contributed by atoms with Crippen LogP contribution in [0.3, 0.4) is 0 Å². The number of rotatable bonds is 6. The van der Waals surface area contributed by atoms with Gasteiger partial charge in [0, 0.05) is 7.11 Å². The van der Waals surface area contributed by atoms with Crippen LogP contribution in [0.25, 0.3) is 0 Å². The minimum Gasteiger partial charge on any atom is -0.494 e. The number of hydrogen-bond donors (Lipinski definition) is 1. The quantitative estimate of drug-likeness (QED) is 0.875. The average molecular weight is 295 g/mol. The number of carbonyl (C=O) groups excluding carboxylic acids is 1. The molecular weight excluding hydrogens is 270 g/mol. The molecule has 1 aromatic rings. The van der Waals surface area contributed by atoms with Gasteiger partial charge in [0.05, 0.1) is 19.3 Å². The van der Waals surface area contributed by atoms with Gasteiger partial charge in [-0.2, -0.15) is 0 Å². The van der Waals surface area contributed by atoms with E-state index in [4.69, 9.17) is 14.2 Å². The van der Waals surface area contributed by atoms with Gasteiger partial charge in [0.25, 0.3) is 0 Å². The Kier molecular flexibility index (Phi) is 6.49. The molecule has 0 saturated heterocycles. The Morgan fingerprint density at radius 2 is 1.86 bits per heavy atom. The van der Waals surface area contributed by atoms with Crippen LogP contribution in [0.2, 0.25) is 0 Å². The first-order valence-electron chi connectivity index (χ1n) is 7.07. The molecule has 1 amide bonds. The maximum absolute atomic E-state index is 11.9. The lowest BCUT2D eigenvalue weighted by atomic mass is 10.1. The topological polar surface area (TPSA) is 56.8 Å². The monoisotopic (exact) mass is 295 g/mol. The fourth-order valence-electron chi connectivity index (χ4n) is 1.80. The second-order valence-corrected chi connectivity index (χ2v) is 5.66. The van der Waals surface area contributed by atoms with Gasteiger partial charge in [-0.3, -0.25) is 0 Å². The zero-order valence-electron chi connectivity index (χ0n) is 13.4. The summed E-state index contributed by atoms with van der Waals surface area (Å²) in [7, 11) is 1.60. The minimum absolute atomic E-state index is 0.263. The van der Waals surface area contributed by atoms with E-state index in [1.807, 2.05) is 52.0 Å². The number of methoxy groups -OCH3 is 1. The molecule has 1 rings (SSSR count). The number of nitrogens with one attached hydrogen (secondary N) is 1.